The van der Waals surface area contributed by atoms with Gasteiger partial charge >= 0.3 is 0 Å². The lowest BCUT2D eigenvalue weighted by Crippen LogP contribution is -1.97. The first kappa shape index (κ1) is 14.6. The predicted molar refractivity (Wildman–Crippen MR) is 86.4 cm³/mol. The van der Waals surface area contributed by atoms with Gasteiger partial charge in [0.05, 0.1) is 0 Å². The Kier molecular flexibility index (Phi) is 4.80. The van der Waals surface area contributed by atoms with Crippen molar-refractivity contribution in [2.75, 3.05) is 0 Å². The van der Waals surface area contributed by atoms with Gasteiger partial charge in [-0.3, -0.25) is 4.98 Å². The number of aromatic nitrogens is 2. The van der Waals surface area contributed by atoms with Gasteiger partial charge in [0.1, 0.15) is 0 Å². The van der Waals surface area contributed by atoms with E-state index in [0.717, 1.165) is 11.6 Å². The molecular weight excluding hydrogens is 268 g/mol. The van der Waals surface area contributed by atoms with Crippen LogP contribution < -0.4 is 0 Å². The minimum absolute atomic E-state index is 0.782. The quantitative estimate of drug-likeness (QED) is 0.643. The van der Waals surface area contributed by atoms with Crippen molar-refractivity contribution in [2.45, 2.75) is 27.3 Å². The van der Waals surface area contributed by atoms with Gasteiger partial charge in [-0.05, 0) is 42.3 Å². The van der Waals surface area contributed by atoms with Crippen LogP contribution in [0.15, 0.2) is 48.9 Å². The summed E-state index contributed by atoms with van der Waals surface area (Å²) in [5.41, 5.74) is 3.65. The Labute approximate surface area is 125 Å². The molecule has 3 heteroatoms. The largest absolute Gasteiger partial charge is 0.343 e. The van der Waals surface area contributed by atoms with Gasteiger partial charge in [-0.2, -0.15) is 0 Å². The molecule has 0 atom stereocenters. The van der Waals surface area contributed by atoms with Crippen LogP contribution in [0.3, 0.4) is 0 Å². The number of nitrogens with zero attached hydrogens (tertiary/aromatic N) is 2. The van der Waals surface area contributed by atoms with E-state index in [9.17, 15) is 0 Å². The molecule has 0 radical (unpaired) electrons. The van der Waals surface area contributed by atoms with Gasteiger partial charge in [0.2, 0.25) is 0 Å². The SMILES string of the molecule is CC.Cc1cn(Cc2cccnc2)c2ccc(Cl)cc12. The molecule has 0 aliphatic carbocycles. The van der Waals surface area contributed by atoms with E-state index < -0.39 is 0 Å². The molecule has 3 aromatic rings. The second-order valence-electron chi connectivity index (χ2n) is 4.46. The average Bonchev–Trinajstić information content (AvgIpc) is 2.78. The molecule has 0 amide bonds. The first-order valence-corrected chi connectivity index (χ1v) is 7.26. The second kappa shape index (κ2) is 6.58. The van der Waals surface area contributed by atoms with Crippen LogP contribution in [0.2, 0.25) is 5.02 Å². The first-order valence-electron chi connectivity index (χ1n) is 6.88. The maximum atomic E-state index is 6.04. The molecule has 0 spiro atoms. The second-order valence-corrected chi connectivity index (χ2v) is 4.90. The lowest BCUT2D eigenvalue weighted by Gasteiger charge is -2.05. The van der Waals surface area contributed by atoms with Crippen molar-refractivity contribution in [1.29, 1.82) is 0 Å². The zero-order valence-electron chi connectivity index (χ0n) is 12.1. The summed E-state index contributed by atoms with van der Waals surface area (Å²) in [4.78, 5) is 4.15. The van der Waals surface area contributed by atoms with Crippen LogP contribution >= 0.6 is 11.6 Å². The number of halogens is 1. The number of hydrogen-bond acceptors (Lipinski definition) is 1. The molecule has 1 aromatic carbocycles. The maximum Gasteiger partial charge on any atom is 0.0491 e. The molecule has 2 nitrogen and oxygen atoms in total. The van der Waals surface area contributed by atoms with Crippen molar-refractivity contribution in [3.05, 3.63) is 65.1 Å². The van der Waals surface area contributed by atoms with E-state index in [1.165, 1.54) is 22.0 Å². The van der Waals surface area contributed by atoms with Crippen LogP contribution in [-0.4, -0.2) is 9.55 Å². The molecule has 0 aliphatic rings. The summed E-state index contributed by atoms with van der Waals surface area (Å²) in [5.74, 6) is 0. The van der Waals surface area contributed by atoms with Crippen LogP contribution in [0.4, 0.5) is 0 Å². The number of fused-ring (bicyclic) bond motifs is 1. The maximum absolute atomic E-state index is 6.04. The van der Waals surface area contributed by atoms with Crippen LogP contribution in [0.5, 0.6) is 0 Å². The highest BCUT2D eigenvalue weighted by Gasteiger charge is 2.06. The molecule has 0 unspecified atom stereocenters. The molecule has 2 aromatic heterocycles. The monoisotopic (exact) mass is 286 g/mol. The summed E-state index contributed by atoms with van der Waals surface area (Å²) in [6.45, 7) is 6.94. The summed E-state index contributed by atoms with van der Waals surface area (Å²) in [7, 11) is 0. The fourth-order valence-electron chi connectivity index (χ4n) is 2.27. The number of benzene rings is 1. The van der Waals surface area contributed by atoms with Crippen molar-refractivity contribution in [2.24, 2.45) is 0 Å². The topological polar surface area (TPSA) is 17.8 Å². The number of rotatable bonds is 2. The van der Waals surface area contributed by atoms with Gasteiger partial charge in [-0.25, -0.2) is 0 Å². The van der Waals surface area contributed by atoms with E-state index in [2.05, 4.69) is 34.8 Å². The Bertz CT molecular complexity index is 687. The van der Waals surface area contributed by atoms with Gasteiger partial charge in [-0.1, -0.05) is 31.5 Å². The average molecular weight is 287 g/mol. The van der Waals surface area contributed by atoms with Crippen molar-refractivity contribution in [1.82, 2.24) is 9.55 Å². The predicted octanol–water partition coefficient (Wildman–Crippen LogP) is 5.07. The molecule has 3 rings (SSSR count). The van der Waals surface area contributed by atoms with E-state index in [1.54, 1.807) is 6.20 Å². The minimum atomic E-state index is 0.782. The Morgan fingerprint density at radius 3 is 2.70 bits per heavy atom. The van der Waals surface area contributed by atoms with E-state index in [1.807, 2.05) is 38.2 Å². The van der Waals surface area contributed by atoms with E-state index in [-0.39, 0.29) is 0 Å². The van der Waals surface area contributed by atoms with Crippen LogP contribution in [-0.2, 0) is 6.54 Å². The molecule has 0 saturated heterocycles. The van der Waals surface area contributed by atoms with Gasteiger partial charge < -0.3 is 4.57 Å². The summed E-state index contributed by atoms with van der Waals surface area (Å²) in [6.07, 6.45) is 5.85. The van der Waals surface area contributed by atoms with Gasteiger partial charge in [0.25, 0.3) is 0 Å². The van der Waals surface area contributed by atoms with Crippen LogP contribution in [0.25, 0.3) is 10.9 Å². The highest BCUT2D eigenvalue weighted by atomic mass is 35.5. The first-order chi connectivity index (χ1) is 9.74. The molecule has 0 saturated carbocycles. The van der Waals surface area contributed by atoms with Crippen LogP contribution in [0.1, 0.15) is 25.0 Å². The van der Waals surface area contributed by atoms with Gasteiger partial charge in [0.15, 0.2) is 0 Å². The summed E-state index contributed by atoms with van der Waals surface area (Å²) >= 11 is 6.04. The van der Waals surface area contributed by atoms with E-state index in [0.29, 0.717) is 0 Å². The van der Waals surface area contributed by atoms with Crippen LogP contribution in [0, 0.1) is 6.92 Å². The minimum Gasteiger partial charge on any atom is -0.343 e. The zero-order chi connectivity index (χ0) is 14.5. The molecule has 0 N–H and O–H groups in total. The van der Waals surface area contributed by atoms with E-state index in [4.69, 9.17) is 11.6 Å². The van der Waals surface area contributed by atoms with E-state index >= 15 is 0 Å². The van der Waals surface area contributed by atoms with Gasteiger partial charge in [0, 0.05) is 41.1 Å². The van der Waals surface area contributed by atoms with Crippen molar-refractivity contribution in [3.63, 3.8) is 0 Å². The number of hydrogen-bond donors (Lipinski definition) is 0. The Balaban J connectivity index is 0.000000704. The third-order valence-corrected chi connectivity index (χ3v) is 3.35. The summed E-state index contributed by atoms with van der Waals surface area (Å²) in [6, 6.07) is 10.1. The Hall–Kier alpha value is -1.80. The lowest BCUT2D eigenvalue weighted by atomic mass is 10.2. The molecule has 0 fully saturated rings. The summed E-state index contributed by atoms with van der Waals surface area (Å²) < 4.78 is 2.23. The Morgan fingerprint density at radius 2 is 2.00 bits per heavy atom. The zero-order valence-corrected chi connectivity index (χ0v) is 12.9. The third-order valence-electron chi connectivity index (χ3n) is 3.12. The third kappa shape index (κ3) is 3.02. The molecule has 104 valence electrons. The standard InChI is InChI=1S/C15H13ClN2.C2H6/c1-11-9-18(10-12-3-2-6-17-8-12)15-5-4-13(16)7-14(11)15;1-2/h2-9H,10H2,1H3;1-2H3. The van der Waals surface area contributed by atoms with Crippen molar-refractivity contribution < 1.29 is 0 Å². The highest BCUT2D eigenvalue weighted by Crippen LogP contribution is 2.25. The molecule has 0 bridgehead atoms. The Morgan fingerprint density at radius 1 is 1.20 bits per heavy atom. The highest BCUT2D eigenvalue weighted by molar-refractivity contribution is 6.31. The fraction of sp³-hybridized carbons (Fsp3) is 0.235. The lowest BCUT2D eigenvalue weighted by molar-refractivity contribution is 0.829. The molecule has 0 aliphatic heterocycles. The van der Waals surface area contributed by atoms with Crippen molar-refractivity contribution >= 4 is 22.5 Å². The molecule has 20 heavy (non-hydrogen) atoms. The van der Waals surface area contributed by atoms with Gasteiger partial charge in [-0.15, -0.1) is 0 Å². The fourth-order valence-corrected chi connectivity index (χ4v) is 2.44. The molecular formula is C17H19ClN2. The normalized spacial score (nSPS) is 10.2. The number of aryl methyl sites for hydroxylation is 1. The molecule has 2 heterocycles. The number of pyridine rings is 1. The summed E-state index contributed by atoms with van der Waals surface area (Å²) in [5, 5.41) is 2.00. The smallest absolute Gasteiger partial charge is 0.0491 e. The van der Waals surface area contributed by atoms with Crippen molar-refractivity contribution in [3.8, 4) is 0 Å².